The van der Waals surface area contributed by atoms with Gasteiger partial charge in [-0.2, -0.15) is 0 Å². The quantitative estimate of drug-likeness (QED) is 0.785. The van der Waals surface area contributed by atoms with Crippen LogP contribution in [0.3, 0.4) is 0 Å². The number of nitrogens with zero attached hydrogens (tertiary/aromatic N) is 1. The van der Waals surface area contributed by atoms with E-state index in [4.69, 9.17) is 4.74 Å². The van der Waals surface area contributed by atoms with E-state index in [0.29, 0.717) is 13.0 Å². The maximum atomic E-state index is 13.8. The minimum atomic E-state index is -3.71. The molecule has 0 aliphatic heterocycles. The Morgan fingerprint density at radius 2 is 2.04 bits per heavy atom. The van der Waals surface area contributed by atoms with Crippen LogP contribution >= 0.6 is 0 Å². The molecule has 130 valence electrons. The van der Waals surface area contributed by atoms with Gasteiger partial charge in [0.25, 0.3) is 0 Å². The van der Waals surface area contributed by atoms with Crippen molar-refractivity contribution in [2.24, 2.45) is 0 Å². The van der Waals surface area contributed by atoms with Gasteiger partial charge in [0.2, 0.25) is 10.0 Å². The van der Waals surface area contributed by atoms with Crippen LogP contribution in [-0.4, -0.2) is 52.6 Å². The Labute approximate surface area is 135 Å². The van der Waals surface area contributed by atoms with Crippen molar-refractivity contribution in [2.45, 2.75) is 24.3 Å². The van der Waals surface area contributed by atoms with E-state index in [9.17, 15) is 17.6 Å². The first kappa shape index (κ1) is 19.3. The molecule has 9 heteroatoms. The van der Waals surface area contributed by atoms with Gasteiger partial charge < -0.3 is 15.4 Å². The molecule has 1 atom stereocenters. The van der Waals surface area contributed by atoms with Crippen molar-refractivity contribution in [2.75, 3.05) is 33.1 Å². The van der Waals surface area contributed by atoms with Crippen molar-refractivity contribution in [3.63, 3.8) is 0 Å². The number of hydrogen-bond acceptors (Lipinski definition) is 4. The molecule has 0 aromatic heterocycles. The molecule has 0 fully saturated rings. The number of hydrogen-bond donors (Lipinski definition) is 2. The first-order valence-electron chi connectivity index (χ1n) is 6.97. The van der Waals surface area contributed by atoms with Crippen LogP contribution in [0.2, 0.25) is 0 Å². The van der Waals surface area contributed by atoms with Crippen molar-refractivity contribution in [1.82, 2.24) is 9.62 Å². The summed E-state index contributed by atoms with van der Waals surface area (Å²) < 4.78 is 43.8. The Morgan fingerprint density at radius 3 is 2.61 bits per heavy atom. The molecule has 0 spiro atoms. The van der Waals surface area contributed by atoms with Crippen molar-refractivity contribution in [1.29, 1.82) is 0 Å². The van der Waals surface area contributed by atoms with Crippen LogP contribution in [0.25, 0.3) is 0 Å². The summed E-state index contributed by atoms with van der Waals surface area (Å²) in [6, 6.07) is 2.44. The molecule has 0 saturated carbocycles. The smallest absolute Gasteiger partial charge is 0.319 e. The lowest BCUT2D eigenvalue weighted by atomic mass is 10.2. The van der Waals surface area contributed by atoms with Crippen LogP contribution in [0.4, 0.5) is 14.9 Å². The van der Waals surface area contributed by atoms with Crippen LogP contribution in [0.5, 0.6) is 0 Å². The van der Waals surface area contributed by atoms with E-state index in [-0.39, 0.29) is 16.6 Å². The second-order valence-corrected chi connectivity index (χ2v) is 7.36. The molecule has 0 aliphatic rings. The summed E-state index contributed by atoms with van der Waals surface area (Å²) in [5.41, 5.74) is -0.204. The highest BCUT2D eigenvalue weighted by Gasteiger charge is 2.19. The van der Waals surface area contributed by atoms with E-state index in [1.54, 1.807) is 14.0 Å². The predicted molar refractivity (Wildman–Crippen MR) is 85.4 cm³/mol. The zero-order valence-corrected chi connectivity index (χ0v) is 14.4. The third kappa shape index (κ3) is 5.45. The minimum absolute atomic E-state index is 0.105. The maximum absolute atomic E-state index is 13.8. The summed E-state index contributed by atoms with van der Waals surface area (Å²) in [4.78, 5) is 11.7. The number of nitrogens with one attached hydrogen (secondary N) is 2. The number of methoxy groups -OCH3 is 1. The van der Waals surface area contributed by atoms with Crippen LogP contribution < -0.4 is 10.6 Å². The molecular weight excluding hydrogens is 325 g/mol. The Kier molecular flexibility index (Phi) is 6.92. The average Bonchev–Trinajstić information content (AvgIpc) is 2.46. The molecule has 1 aromatic rings. The Bertz CT molecular complexity index is 649. The van der Waals surface area contributed by atoms with Crippen LogP contribution in [0, 0.1) is 5.82 Å². The molecule has 0 heterocycles. The molecule has 0 unspecified atom stereocenters. The highest BCUT2D eigenvalue weighted by molar-refractivity contribution is 7.89. The number of benzene rings is 1. The third-order valence-corrected chi connectivity index (χ3v) is 4.91. The fourth-order valence-electron chi connectivity index (χ4n) is 1.72. The second-order valence-electron chi connectivity index (χ2n) is 5.21. The normalized spacial score (nSPS) is 13.0. The fraction of sp³-hybridized carbons (Fsp3) is 0.500. The van der Waals surface area contributed by atoms with Gasteiger partial charge in [-0.1, -0.05) is 0 Å². The number of amides is 2. The lowest BCUT2D eigenvalue weighted by molar-refractivity contribution is 0.185. The summed E-state index contributed by atoms with van der Waals surface area (Å²) in [6.07, 6.45) is 0.599. The van der Waals surface area contributed by atoms with Gasteiger partial charge in [0.15, 0.2) is 0 Å². The summed E-state index contributed by atoms with van der Waals surface area (Å²) in [5.74, 6) is -0.720. The van der Waals surface area contributed by atoms with E-state index in [0.717, 1.165) is 22.5 Å². The Hall–Kier alpha value is -1.71. The number of halogens is 1. The fourth-order valence-corrected chi connectivity index (χ4v) is 2.65. The van der Waals surface area contributed by atoms with Gasteiger partial charge in [-0.25, -0.2) is 21.9 Å². The van der Waals surface area contributed by atoms with Gasteiger partial charge in [0.05, 0.1) is 10.6 Å². The first-order valence-corrected chi connectivity index (χ1v) is 8.41. The zero-order chi connectivity index (χ0) is 17.6. The van der Waals surface area contributed by atoms with Crippen molar-refractivity contribution in [3.8, 4) is 0 Å². The lowest BCUT2D eigenvalue weighted by Gasteiger charge is -2.16. The number of carbonyl (C=O) groups is 1. The number of rotatable bonds is 7. The molecule has 1 rings (SSSR count). The predicted octanol–water partition coefficient (Wildman–Crippen LogP) is 1.62. The monoisotopic (exact) mass is 347 g/mol. The van der Waals surface area contributed by atoms with E-state index in [2.05, 4.69) is 10.6 Å². The van der Waals surface area contributed by atoms with Crippen LogP contribution in [0.15, 0.2) is 23.1 Å². The molecule has 0 aliphatic carbocycles. The third-order valence-electron chi connectivity index (χ3n) is 3.10. The van der Waals surface area contributed by atoms with E-state index < -0.39 is 21.9 Å². The van der Waals surface area contributed by atoms with Crippen molar-refractivity contribution < 1.29 is 22.3 Å². The summed E-state index contributed by atoms with van der Waals surface area (Å²) in [7, 11) is 0.588. The average molecular weight is 347 g/mol. The molecule has 2 N–H and O–H groups in total. The van der Waals surface area contributed by atoms with E-state index in [1.165, 1.54) is 14.1 Å². The van der Waals surface area contributed by atoms with Gasteiger partial charge in [-0.3, -0.25) is 0 Å². The van der Waals surface area contributed by atoms with E-state index >= 15 is 0 Å². The van der Waals surface area contributed by atoms with Gasteiger partial charge in [0.1, 0.15) is 5.82 Å². The maximum Gasteiger partial charge on any atom is 0.319 e. The minimum Gasteiger partial charge on any atom is -0.385 e. The highest BCUT2D eigenvalue weighted by Crippen LogP contribution is 2.21. The summed E-state index contributed by atoms with van der Waals surface area (Å²) in [6.45, 7) is 2.26. The van der Waals surface area contributed by atoms with Gasteiger partial charge >= 0.3 is 6.03 Å². The molecule has 1 aromatic carbocycles. The molecule has 0 bridgehead atoms. The molecule has 23 heavy (non-hydrogen) atoms. The Balaban J connectivity index is 2.86. The number of carbonyl (C=O) groups excluding carboxylic acids is 1. The molecule has 0 saturated heterocycles. The van der Waals surface area contributed by atoms with Gasteiger partial charge in [-0.15, -0.1) is 0 Å². The molecule has 7 nitrogen and oxygen atoms in total. The Morgan fingerprint density at radius 1 is 1.39 bits per heavy atom. The van der Waals surface area contributed by atoms with Crippen LogP contribution in [-0.2, 0) is 14.8 Å². The largest absolute Gasteiger partial charge is 0.385 e. The molecular formula is C14H22FN3O4S. The number of sulfonamides is 1. The van der Waals surface area contributed by atoms with Crippen molar-refractivity contribution >= 4 is 21.7 Å². The van der Waals surface area contributed by atoms with Crippen molar-refractivity contribution in [3.05, 3.63) is 24.0 Å². The van der Waals surface area contributed by atoms with Gasteiger partial charge in [-0.05, 0) is 31.5 Å². The lowest BCUT2D eigenvalue weighted by Crippen LogP contribution is -2.37. The second kappa shape index (κ2) is 8.23. The topological polar surface area (TPSA) is 87.7 Å². The van der Waals surface area contributed by atoms with E-state index in [1.807, 2.05) is 0 Å². The zero-order valence-electron chi connectivity index (χ0n) is 13.6. The standard InChI is InChI=1S/C14H22FN3O4S/c1-10(7-8-22-4)16-14(19)17-13-9-11(5-6-12(13)15)23(20,21)18(2)3/h5-6,9-10H,7-8H2,1-4H3,(H2,16,17,19)/t10-/m0/s1. The SMILES string of the molecule is COCC[C@H](C)NC(=O)Nc1cc(S(=O)(=O)N(C)C)ccc1F. The molecule has 2 amide bonds. The molecule has 0 radical (unpaired) electrons. The van der Waals surface area contributed by atoms with Gasteiger partial charge in [0, 0.05) is 33.9 Å². The van der Waals surface area contributed by atoms with Crippen LogP contribution in [0.1, 0.15) is 13.3 Å². The summed E-state index contributed by atoms with van der Waals surface area (Å²) in [5, 5.41) is 4.93. The highest BCUT2D eigenvalue weighted by atomic mass is 32.2. The summed E-state index contributed by atoms with van der Waals surface area (Å²) >= 11 is 0. The number of ether oxygens (including phenoxy) is 1. The number of anilines is 1. The number of urea groups is 1. The first-order chi connectivity index (χ1) is 10.7.